The SMILES string of the molecule is O=C1CN(C(=O)c2ccncc2O)CCN1Cc1ccc(F)cc1. The number of rotatable bonds is 3. The van der Waals surface area contributed by atoms with Crippen molar-refractivity contribution >= 4 is 11.8 Å². The van der Waals surface area contributed by atoms with Gasteiger partial charge in [0, 0.05) is 25.8 Å². The van der Waals surface area contributed by atoms with E-state index in [2.05, 4.69) is 4.98 Å². The maximum absolute atomic E-state index is 12.9. The average molecular weight is 329 g/mol. The highest BCUT2D eigenvalue weighted by Gasteiger charge is 2.28. The Bertz CT molecular complexity index is 764. The van der Waals surface area contributed by atoms with E-state index in [-0.39, 0.29) is 29.6 Å². The predicted octanol–water partition coefficient (Wildman–Crippen LogP) is 1.41. The van der Waals surface area contributed by atoms with Crippen LogP contribution in [-0.2, 0) is 11.3 Å². The van der Waals surface area contributed by atoms with Gasteiger partial charge in [-0.2, -0.15) is 0 Å². The van der Waals surface area contributed by atoms with Gasteiger partial charge in [-0.25, -0.2) is 4.39 Å². The molecule has 0 unspecified atom stereocenters. The van der Waals surface area contributed by atoms with E-state index in [4.69, 9.17) is 0 Å². The maximum Gasteiger partial charge on any atom is 0.258 e. The fourth-order valence-corrected chi connectivity index (χ4v) is 2.60. The van der Waals surface area contributed by atoms with Gasteiger partial charge >= 0.3 is 0 Å². The molecule has 1 aliphatic rings. The van der Waals surface area contributed by atoms with Crippen molar-refractivity contribution in [1.82, 2.24) is 14.8 Å². The number of nitrogens with zero attached hydrogens (tertiary/aromatic N) is 3. The highest BCUT2D eigenvalue weighted by molar-refractivity contribution is 5.99. The molecule has 7 heteroatoms. The minimum Gasteiger partial charge on any atom is -0.505 e. The van der Waals surface area contributed by atoms with Gasteiger partial charge in [-0.1, -0.05) is 12.1 Å². The van der Waals surface area contributed by atoms with E-state index in [0.717, 1.165) is 5.56 Å². The Kier molecular flexibility index (Phi) is 4.41. The largest absolute Gasteiger partial charge is 0.505 e. The number of aromatic nitrogens is 1. The molecule has 2 amide bonds. The number of amides is 2. The topological polar surface area (TPSA) is 73.7 Å². The molecule has 6 nitrogen and oxygen atoms in total. The number of carbonyl (C=O) groups is 2. The number of hydrogen-bond acceptors (Lipinski definition) is 4. The Hall–Kier alpha value is -2.96. The van der Waals surface area contributed by atoms with E-state index in [1.165, 1.54) is 35.5 Å². The lowest BCUT2D eigenvalue weighted by molar-refractivity contribution is -0.135. The van der Waals surface area contributed by atoms with E-state index in [1.807, 2.05) is 0 Å². The third kappa shape index (κ3) is 3.34. The number of piperazine rings is 1. The van der Waals surface area contributed by atoms with Crippen LogP contribution in [0.15, 0.2) is 42.7 Å². The highest BCUT2D eigenvalue weighted by atomic mass is 19.1. The molecule has 0 aliphatic carbocycles. The van der Waals surface area contributed by atoms with Crippen molar-refractivity contribution in [2.45, 2.75) is 6.54 Å². The van der Waals surface area contributed by atoms with Gasteiger partial charge in [0.05, 0.1) is 11.8 Å². The van der Waals surface area contributed by atoms with Crippen LogP contribution < -0.4 is 0 Å². The third-order valence-corrected chi connectivity index (χ3v) is 3.92. The van der Waals surface area contributed by atoms with Crippen LogP contribution in [0.3, 0.4) is 0 Å². The average Bonchev–Trinajstić information content (AvgIpc) is 2.58. The van der Waals surface area contributed by atoms with Gasteiger partial charge in [0.1, 0.15) is 18.1 Å². The van der Waals surface area contributed by atoms with Crippen LogP contribution >= 0.6 is 0 Å². The Morgan fingerprint density at radius 3 is 2.62 bits per heavy atom. The van der Waals surface area contributed by atoms with Crippen molar-refractivity contribution in [3.63, 3.8) is 0 Å². The van der Waals surface area contributed by atoms with Crippen molar-refractivity contribution in [3.05, 3.63) is 59.7 Å². The molecule has 24 heavy (non-hydrogen) atoms. The number of pyridine rings is 1. The lowest BCUT2D eigenvalue weighted by Crippen LogP contribution is -2.51. The Labute approximate surface area is 138 Å². The summed E-state index contributed by atoms with van der Waals surface area (Å²) >= 11 is 0. The second kappa shape index (κ2) is 6.66. The van der Waals surface area contributed by atoms with E-state index >= 15 is 0 Å². The first-order chi connectivity index (χ1) is 11.5. The molecular weight excluding hydrogens is 313 g/mol. The molecule has 0 saturated carbocycles. The molecule has 0 spiro atoms. The molecule has 2 heterocycles. The molecule has 1 saturated heterocycles. The first kappa shape index (κ1) is 15.9. The predicted molar refractivity (Wildman–Crippen MR) is 83.6 cm³/mol. The molecule has 0 radical (unpaired) electrons. The van der Waals surface area contributed by atoms with Crippen LogP contribution in [0.25, 0.3) is 0 Å². The lowest BCUT2D eigenvalue weighted by atomic mass is 10.1. The van der Waals surface area contributed by atoms with Crippen LogP contribution in [0, 0.1) is 5.82 Å². The van der Waals surface area contributed by atoms with Gasteiger partial charge < -0.3 is 14.9 Å². The summed E-state index contributed by atoms with van der Waals surface area (Å²) in [5.41, 5.74) is 0.959. The molecule has 1 aliphatic heterocycles. The van der Waals surface area contributed by atoms with E-state index in [1.54, 1.807) is 17.0 Å². The summed E-state index contributed by atoms with van der Waals surface area (Å²) in [5, 5.41) is 9.71. The quantitative estimate of drug-likeness (QED) is 0.924. The van der Waals surface area contributed by atoms with Gasteiger partial charge in [-0.15, -0.1) is 0 Å². The zero-order valence-electron chi connectivity index (χ0n) is 12.9. The molecular formula is C17H16FN3O3. The van der Waals surface area contributed by atoms with Crippen molar-refractivity contribution < 1.29 is 19.1 Å². The third-order valence-electron chi connectivity index (χ3n) is 3.92. The maximum atomic E-state index is 12.9. The minimum absolute atomic E-state index is 0.0538. The monoisotopic (exact) mass is 329 g/mol. The Morgan fingerprint density at radius 2 is 1.96 bits per heavy atom. The van der Waals surface area contributed by atoms with Crippen LogP contribution in [-0.4, -0.2) is 51.3 Å². The summed E-state index contributed by atoms with van der Waals surface area (Å²) in [6, 6.07) is 7.40. The lowest BCUT2D eigenvalue weighted by Gasteiger charge is -2.34. The fraction of sp³-hybridized carbons (Fsp3) is 0.235. The second-order valence-corrected chi connectivity index (χ2v) is 5.56. The van der Waals surface area contributed by atoms with Crippen LogP contribution in [0.2, 0.25) is 0 Å². The zero-order valence-corrected chi connectivity index (χ0v) is 12.9. The van der Waals surface area contributed by atoms with E-state index in [9.17, 15) is 19.1 Å². The normalized spacial score (nSPS) is 14.8. The summed E-state index contributed by atoms with van der Waals surface area (Å²) in [4.78, 5) is 31.4. The molecule has 0 atom stereocenters. The number of halogens is 1. The van der Waals surface area contributed by atoms with Gasteiger partial charge in [0.25, 0.3) is 5.91 Å². The van der Waals surface area contributed by atoms with Crippen molar-refractivity contribution in [2.24, 2.45) is 0 Å². The molecule has 1 aromatic carbocycles. The number of benzene rings is 1. The smallest absolute Gasteiger partial charge is 0.258 e. The molecule has 2 aromatic rings. The van der Waals surface area contributed by atoms with Gasteiger partial charge in [0.15, 0.2) is 0 Å². The van der Waals surface area contributed by atoms with Crippen molar-refractivity contribution in [1.29, 1.82) is 0 Å². The van der Waals surface area contributed by atoms with E-state index < -0.39 is 5.91 Å². The van der Waals surface area contributed by atoms with Gasteiger partial charge in [-0.3, -0.25) is 14.6 Å². The van der Waals surface area contributed by atoms with Gasteiger partial charge in [0.2, 0.25) is 5.91 Å². The first-order valence-electron chi connectivity index (χ1n) is 7.49. The van der Waals surface area contributed by atoms with Crippen LogP contribution in [0.1, 0.15) is 15.9 Å². The highest BCUT2D eigenvalue weighted by Crippen LogP contribution is 2.18. The summed E-state index contributed by atoms with van der Waals surface area (Å²) in [5.74, 6) is -1.11. The zero-order chi connectivity index (χ0) is 17.1. The molecule has 3 rings (SSSR count). The number of carbonyl (C=O) groups excluding carboxylic acids is 2. The summed E-state index contributed by atoms with van der Waals surface area (Å²) < 4.78 is 12.9. The first-order valence-corrected chi connectivity index (χ1v) is 7.49. The van der Waals surface area contributed by atoms with Crippen LogP contribution in [0.4, 0.5) is 4.39 Å². The molecule has 1 fully saturated rings. The number of aromatic hydroxyl groups is 1. The fourth-order valence-electron chi connectivity index (χ4n) is 2.60. The molecule has 0 bridgehead atoms. The molecule has 1 aromatic heterocycles. The summed E-state index contributed by atoms with van der Waals surface area (Å²) in [7, 11) is 0. The van der Waals surface area contributed by atoms with Gasteiger partial charge in [-0.05, 0) is 23.8 Å². The Morgan fingerprint density at radius 1 is 1.21 bits per heavy atom. The Balaban J connectivity index is 1.65. The number of hydrogen-bond donors (Lipinski definition) is 1. The molecule has 1 N–H and O–H groups in total. The standard InChI is InChI=1S/C17H16FN3O3/c18-13-3-1-12(2-4-13)10-20-7-8-21(11-16(20)23)17(24)14-5-6-19-9-15(14)22/h1-6,9,22H,7-8,10-11H2. The minimum atomic E-state index is -0.398. The summed E-state index contributed by atoms with van der Waals surface area (Å²) in [6.45, 7) is 1.07. The van der Waals surface area contributed by atoms with Crippen LogP contribution in [0.5, 0.6) is 5.75 Å². The van der Waals surface area contributed by atoms with E-state index in [0.29, 0.717) is 19.6 Å². The molecule has 124 valence electrons. The second-order valence-electron chi connectivity index (χ2n) is 5.56. The van der Waals surface area contributed by atoms with Crippen molar-refractivity contribution in [3.8, 4) is 5.75 Å². The summed E-state index contributed by atoms with van der Waals surface area (Å²) in [6.07, 6.45) is 2.61. The van der Waals surface area contributed by atoms with Crippen molar-refractivity contribution in [2.75, 3.05) is 19.6 Å².